The van der Waals surface area contributed by atoms with Gasteiger partial charge in [-0.25, -0.2) is 0 Å². The molecule has 126 valence electrons. The van der Waals surface area contributed by atoms with E-state index in [4.69, 9.17) is 0 Å². The summed E-state index contributed by atoms with van der Waals surface area (Å²) in [4.78, 5) is 2.36. The van der Waals surface area contributed by atoms with Crippen molar-refractivity contribution in [1.82, 2.24) is 15.5 Å². The summed E-state index contributed by atoms with van der Waals surface area (Å²) in [7, 11) is 0. The van der Waals surface area contributed by atoms with Crippen LogP contribution >= 0.6 is 0 Å². The van der Waals surface area contributed by atoms with Crippen LogP contribution in [-0.4, -0.2) is 35.9 Å². The summed E-state index contributed by atoms with van der Waals surface area (Å²) in [5.74, 6) is 1.05. The summed E-state index contributed by atoms with van der Waals surface area (Å²) in [5, 5.41) is 12.6. The van der Waals surface area contributed by atoms with E-state index in [2.05, 4.69) is 73.3 Å². The van der Waals surface area contributed by atoms with Gasteiger partial charge in [-0.15, -0.1) is 5.10 Å². The molecule has 0 aromatic carbocycles. The van der Waals surface area contributed by atoms with Crippen molar-refractivity contribution in [3.63, 3.8) is 0 Å². The summed E-state index contributed by atoms with van der Waals surface area (Å²) in [5.41, 5.74) is 4.94. The first-order valence-electron chi connectivity index (χ1n) is 8.69. The van der Waals surface area contributed by atoms with Crippen LogP contribution in [-0.2, 0) is 6.42 Å². The molecule has 0 amide bonds. The summed E-state index contributed by atoms with van der Waals surface area (Å²) >= 11 is 0. The van der Waals surface area contributed by atoms with Gasteiger partial charge in [0.2, 0.25) is 0 Å². The molecule has 2 rings (SSSR count). The second kappa shape index (κ2) is 8.25. The molecule has 1 fully saturated rings. The van der Waals surface area contributed by atoms with Gasteiger partial charge in [-0.3, -0.25) is 0 Å². The van der Waals surface area contributed by atoms with Crippen LogP contribution in [0.25, 0.3) is 0 Å². The molecule has 23 heavy (non-hydrogen) atoms. The minimum Gasteiger partial charge on any atom is -0.352 e. The van der Waals surface area contributed by atoms with Crippen molar-refractivity contribution in [2.75, 3.05) is 24.5 Å². The average molecular weight is 314 g/mol. The Morgan fingerprint density at radius 3 is 2.74 bits per heavy atom. The number of aromatic nitrogens is 2. The Bertz CT molecular complexity index is 589. The number of piperazine rings is 1. The maximum Gasteiger partial charge on any atom is 0.154 e. The second-order valence-corrected chi connectivity index (χ2v) is 6.39. The van der Waals surface area contributed by atoms with Crippen molar-refractivity contribution in [3.05, 3.63) is 40.6 Å². The van der Waals surface area contributed by atoms with Crippen molar-refractivity contribution in [1.29, 1.82) is 0 Å². The van der Waals surface area contributed by atoms with Crippen LogP contribution in [0.1, 0.15) is 44.0 Å². The minimum atomic E-state index is 0.499. The molecule has 1 saturated heterocycles. The van der Waals surface area contributed by atoms with E-state index in [-0.39, 0.29) is 0 Å². The molecule has 1 aliphatic heterocycles. The standard InChI is InChI=1S/C19H30N4/c1-6-8-17(9-7-2)12-18-15(4)16(5)19(22-21-18)23-11-10-20-14(3)13-23/h6,8-9,14,20H,7,10-13H2,1-5H3. The number of rotatable bonds is 5. The molecule has 4 heteroatoms. The zero-order chi connectivity index (χ0) is 16.8. The first-order chi connectivity index (χ1) is 11.1. The van der Waals surface area contributed by atoms with E-state index >= 15 is 0 Å². The SMILES string of the molecule is CC=CC(=CCC)Cc1nnc(N2CCNC(C)C2)c(C)c1C. The summed E-state index contributed by atoms with van der Waals surface area (Å²) < 4.78 is 0. The quantitative estimate of drug-likeness (QED) is 0.846. The molecule has 0 aliphatic carbocycles. The van der Waals surface area contributed by atoms with Crippen molar-refractivity contribution in [2.45, 2.75) is 53.5 Å². The predicted molar refractivity (Wildman–Crippen MR) is 98.1 cm³/mol. The highest BCUT2D eigenvalue weighted by atomic mass is 15.3. The van der Waals surface area contributed by atoms with E-state index < -0.39 is 0 Å². The van der Waals surface area contributed by atoms with Gasteiger partial charge in [-0.1, -0.05) is 25.2 Å². The number of nitrogens with one attached hydrogen (secondary N) is 1. The second-order valence-electron chi connectivity index (χ2n) is 6.39. The molecule has 0 radical (unpaired) electrons. The Morgan fingerprint density at radius 2 is 2.09 bits per heavy atom. The Kier molecular flexibility index (Phi) is 6.34. The first-order valence-corrected chi connectivity index (χ1v) is 8.69. The Morgan fingerprint density at radius 1 is 1.30 bits per heavy atom. The summed E-state index contributed by atoms with van der Waals surface area (Å²) in [6.07, 6.45) is 8.43. The van der Waals surface area contributed by atoms with Gasteiger partial charge in [0.05, 0.1) is 5.69 Å². The zero-order valence-electron chi connectivity index (χ0n) is 15.2. The van der Waals surface area contributed by atoms with Gasteiger partial charge in [0.1, 0.15) is 0 Å². The van der Waals surface area contributed by atoms with E-state index in [9.17, 15) is 0 Å². The highest BCUT2D eigenvalue weighted by Gasteiger charge is 2.20. The molecule has 1 atom stereocenters. The maximum absolute atomic E-state index is 4.57. The lowest BCUT2D eigenvalue weighted by molar-refractivity contribution is 0.480. The molecular formula is C19H30N4. The molecular weight excluding hydrogens is 284 g/mol. The number of anilines is 1. The highest BCUT2D eigenvalue weighted by molar-refractivity contribution is 5.51. The van der Waals surface area contributed by atoms with Crippen molar-refractivity contribution in [3.8, 4) is 0 Å². The normalized spacial score (nSPS) is 19.6. The third-order valence-electron chi connectivity index (χ3n) is 4.48. The van der Waals surface area contributed by atoms with E-state index in [1.165, 1.54) is 16.7 Å². The van der Waals surface area contributed by atoms with E-state index in [1.54, 1.807) is 0 Å². The third kappa shape index (κ3) is 4.41. The number of allylic oxidation sites excluding steroid dienone is 4. The molecule has 0 spiro atoms. The monoisotopic (exact) mass is 314 g/mol. The zero-order valence-corrected chi connectivity index (χ0v) is 15.2. The Labute approximate surface area is 140 Å². The first kappa shape index (κ1) is 17.7. The minimum absolute atomic E-state index is 0.499. The van der Waals surface area contributed by atoms with Crippen LogP contribution in [0, 0.1) is 13.8 Å². The molecule has 1 unspecified atom stereocenters. The van der Waals surface area contributed by atoms with Crippen LogP contribution in [0.4, 0.5) is 5.82 Å². The van der Waals surface area contributed by atoms with Gasteiger partial charge in [0.25, 0.3) is 0 Å². The lowest BCUT2D eigenvalue weighted by Gasteiger charge is -2.33. The number of nitrogens with zero attached hydrogens (tertiary/aromatic N) is 3. The third-order valence-corrected chi connectivity index (χ3v) is 4.48. The van der Waals surface area contributed by atoms with Crippen molar-refractivity contribution >= 4 is 5.82 Å². The van der Waals surface area contributed by atoms with Gasteiger partial charge < -0.3 is 10.2 Å². The molecule has 1 aromatic rings. The summed E-state index contributed by atoms with van der Waals surface area (Å²) in [6, 6.07) is 0.499. The Hall–Kier alpha value is -1.68. The van der Waals surface area contributed by atoms with E-state index in [1.807, 2.05) is 0 Å². The van der Waals surface area contributed by atoms with Crippen LogP contribution in [0.2, 0.25) is 0 Å². The van der Waals surface area contributed by atoms with Gasteiger partial charge in [0.15, 0.2) is 5.82 Å². The topological polar surface area (TPSA) is 41.1 Å². The molecule has 0 saturated carbocycles. The van der Waals surface area contributed by atoms with Gasteiger partial charge >= 0.3 is 0 Å². The van der Waals surface area contributed by atoms with Gasteiger partial charge in [0, 0.05) is 32.1 Å². The molecule has 1 aliphatic rings. The fourth-order valence-electron chi connectivity index (χ4n) is 3.10. The van der Waals surface area contributed by atoms with Crippen molar-refractivity contribution < 1.29 is 0 Å². The van der Waals surface area contributed by atoms with Crippen LogP contribution in [0.3, 0.4) is 0 Å². The lowest BCUT2D eigenvalue weighted by Crippen LogP contribution is -2.49. The smallest absolute Gasteiger partial charge is 0.154 e. The van der Waals surface area contributed by atoms with Gasteiger partial charge in [-0.2, -0.15) is 5.10 Å². The fraction of sp³-hybridized carbons (Fsp3) is 0.579. The highest BCUT2D eigenvalue weighted by Crippen LogP contribution is 2.24. The Balaban J connectivity index is 2.25. The average Bonchev–Trinajstić information content (AvgIpc) is 2.52. The number of hydrogen-bond acceptors (Lipinski definition) is 4. The lowest BCUT2D eigenvalue weighted by atomic mass is 10.0. The molecule has 4 nitrogen and oxygen atoms in total. The fourth-order valence-corrected chi connectivity index (χ4v) is 3.10. The molecule has 0 bridgehead atoms. The number of hydrogen-bond donors (Lipinski definition) is 1. The maximum atomic E-state index is 4.57. The largest absolute Gasteiger partial charge is 0.352 e. The van der Waals surface area contributed by atoms with E-state index in [0.29, 0.717) is 6.04 Å². The van der Waals surface area contributed by atoms with Crippen LogP contribution in [0.15, 0.2) is 23.8 Å². The van der Waals surface area contributed by atoms with Gasteiger partial charge in [-0.05, 0) is 50.8 Å². The molecule has 1 aromatic heterocycles. The predicted octanol–water partition coefficient (Wildman–Crippen LogP) is 3.35. The molecule has 2 heterocycles. The van der Waals surface area contributed by atoms with Crippen LogP contribution in [0.5, 0.6) is 0 Å². The molecule has 1 N–H and O–H groups in total. The van der Waals surface area contributed by atoms with Crippen molar-refractivity contribution in [2.24, 2.45) is 0 Å². The van der Waals surface area contributed by atoms with E-state index in [0.717, 1.165) is 44.0 Å². The van der Waals surface area contributed by atoms with Crippen LogP contribution < -0.4 is 10.2 Å². The summed E-state index contributed by atoms with van der Waals surface area (Å²) in [6.45, 7) is 13.8.